The van der Waals surface area contributed by atoms with Crippen LogP contribution in [0.5, 0.6) is 0 Å². The molecule has 3 aromatic rings. The zero-order valence-electron chi connectivity index (χ0n) is 23.1. The zero-order chi connectivity index (χ0) is 28.2. The minimum Gasteiger partial charge on any atom is -0.447 e. The molecule has 0 unspecified atom stereocenters. The molecule has 0 bridgehead atoms. The Kier molecular flexibility index (Phi) is 9.29. The number of anilines is 2. The first kappa shape index (κ1) is 29.0. The predicted molar refractivity (Wildman–Crippen MR) is 154 cm³/mol. The van der Waals surface area contributed by atoms with Gasteiger partial charge in [-0.25, -0.2) is 27.9 Å². The molecule has 10 nitrogen and oxygen atoms in total. The third kappa shape index (κ3) is 7.17. The normalized spacial score (nSPS) is 17.9. The highest BCUT2D eigenvalue weighted by molar-refractivity contribution is 7.89. The number of amides is 1. The Hall–Kier alpha value is -2.96. The van der Waals surface area contributed by atoms with Crippen molar-refractivity contribution in [2.75, 3.05) is 11.9 Å². The van der Waals surface area contributed by atoms with Gasteiger partial charge in [0.05, 0.1) is 33.4 Å². The smallest absolute Gasteiger partial charge is 0.407 e. The number of nitrogens with zero attached hydrogens (tertiary/aromatic N) is 3. The lowest BCUT2D eigenvalue weighted by atomic mass is 9.86. The second kappa shape index (κ2) is 12.5. The van der Waals surface area contributed by atoms with Crippen LogP contribution in [0.25, 0.3) is 10.4 Å². The number of ether oxygens (including phenoxy) is 1. The fourth-order valence-corrected chi connectivity index (χ4v) is 7.23. The number of benzene rings is 1. The first-order valence-electron chi connectivity index (χ1n) is 13.4. The molecule has 3 N–H and O–H groups in total. The van der Waals surface area contributed by atoms with E-state index in [4.69, 9.17) is 4.74 Å². The van der Waals surface area contributed by atoms with E-state index in [9.17, 15) is 13.2 Å². The van der Waals surface area contributed by atoms with Crippen LogP contribution in [-0.2, 0) is 14.8 Å². The largest absolute Gasteiger partial charge is 0.447 e. The second-order valence-electron chi connectivity index (χ2n) is 10.3. The fourth-order valence-electron chi connectivity index (χ4n) is 4.75. The molecule has 0 spiro atoms. The molecular weight excluding hydrogens is 536 g/mol. The molecule has 39 heavy (non-hydrogen) atoms. The van der Waals surface area contributed by atoms with Crippen molar-refractivity contribution >= 4 is 39.0 Å². The van der Waals surface area contributed by atoms with Crippen molar-refractivity contribution in [3.05, 3.63) is 41.9 Å². The quantitative estimate of drug-likeness (QED) is 0.280. The molecule has 2 heterocycles. The van der Waals surface area contributed by atoms with Gasteiger partial charge in [-0.2, -0.15) is 0 Å². The van der Waals surface area contributed by atoms with Crippen molar-refractivity contribution < 1.29 is 17.9 Å². The van der Waals surface area contributed by atoms with Crippen molar-refractivity contribution in [1.82, 2.24) is 24.6 Å². The van der Waals surface area contributed by atoms with E-state index in [-0.39, 0.29) is 41.6 Å². The number of aromatic nitrogens is 3. The van der Waals surface area contributed by atoms with Crippen LogP contribution in [0.1, 0.15) is 77.3 Å². The van der Waals surface area contributed by atoms with Gasteiger partial charge in [0, 0.05) is 42.0 Å². The summed E-state index contributed by atoms with van der Waals surface area (Å²) in [6, 6.07) is 5.67. The minimum atomic E-state index is -3.75. The molecule has 1 saturated carbocycles. The van der Waals surface area contributed by atoms with E-state index in [1.807, 2.05) is 30.5 Å². The Balaban J connectivity index is 1.54. The average molecular weight is 575 g/mol. The van der Waals surface area contributed by atoms with Gasteiger partial charge in [-0.1, -0.05) is 13.0 Å². The summed E-state index contributed by atoms with van der Waals surface area (Å²) in [4.78, 5) is 21.9. The fraction of sp³-hybridized carbons (Fsp3) is 0.519. The highest BCUT2D eigenvalue weighted by Gasteiger charge is 2.27. The molecule has 1 fully saturated rings. The van der Waals surface area contributed by atoms with E-state index in [1.54, 1.807) is 31.7 Å². The molecular formula is C27H38N6O4S2. The first-order valence-corrected chi connectivity index (χ1v) is 15.7. The Bertz CT molecular complexity index is 1370. The van der Waals surface area contributed by atoms with E-state index < -0.39 is 10.0 Å². The molecule has 1 aliphatic carbocycles. The van der Waals surface area contributed by atoms with E-state index in [2.05, 4.69) is 39.2 Å². The van der Waals surface area contributed by atoms with Gasteiger partial charge in [-0.05, 0) is 65.5 Å². The molecule has 0 atom stereocenters. The lowest BCUT2D eigenvalue weighted by Gasteiger charge is -2.28. The van der Waals surface area contributed by atoms with Gasteiger partial charge >= 0.3 is 6.09 Å². The monoisotopic (exact) mass is 574 g/mol. The van der Waals surface area contributed by atoms with Crippen LogP contribution < -0.4 is 15.4 Å². The Morgan fingerprint density at radius 2 is 1.90 bits per heavy atom. The summed E-state index contributed by atoms with van der Waals surface area (Å²) in [5.74, 6) is 1.06. The van der Waals surface area contributed by atoms with E-state index in [1.165, 1.54) is 11.3 Å². The van der Waals surface area contributed by atoms with Crippen molar-refractivity contribution in [2.45, 2.75) is 89.3 Å². The van der Waals surface area contributed by atoms with Gasteiger partial charge in [0.2, 0.25) is 10.0 Å². The van der Waals surface area contributed by atoms with Gasteiger partial charge in [-0.15, -0.1) is 11.3 Å². The van der Waals surface area contributed by atoms with E-state index in [0.717, 1.165) is 41.4 Å². The maximum absolute atomic E-state index is 13.2. The lowest BCUT2D eigenvalue weighted by Crippen LogP contribution is -2.38. The third-order valence-corrected chi connectivity index (χ3v) is 9.41. The summed E-state index contributed by atoms with van der Waals surface area (Å²) in [6.45, 7) is 9.83. The maximum Gasteiger partial charge on any atom is 0.407 e. The molecule has 0 aliphatic heterocycles. The van der Waals surface area contributed by atoms with Gasteiger partial charge in [0.15, 0.2) is 0 Å². The molecule has 0 radical (unpaired) electrons. The summed E-state index contributed by atoms with van der Waals surface area (Å²) in [5, 5.41) is 7.25. The molecule has 1 amide bonds. The minimum absolute atomic E-state index is 0.0934. The molecule has 1 aromatic carbocycles. The summed E-state index contributed by atoms with van der Waals surface area (Å²) in [5.41, 5.74) is 1.28. The zero-order valence-corrected chi connectivity index (χ0v) is 24.7. The average Bonchev–Trinajstić information content (AvgIpc) is 3.54. The van der Waals surface area contributed by atoms with Crippen LogP contribution in [0.15, 0.2) is 41.8 Å². The SMILES string of the molecule is CCNS(=O)(=O)c1cc(Nc2cncn2C(C)C)ccc1-c1cnc(C2CCC(NC(=O)OC(C)C)CC2)s1. The highest BCUT2D eigenvalue weighted by Crippen LogP contribution is 2.40. The number of alkyl carbamates (subject to hydrolysis) is 1. The van der Waals surface area contributed by atoms with Crippen molar-refractivity contribution in [3.63, 3.8) is 0 Å². The molecule has 1 aliphatic rings. The van der Waals surface area contributed by atoms with Crippen molar-refractivity contribution in [1.29, 1.82) is 0 Å². The number of nitrogens with one attached hydrogen (secondary N) is 3. The number of carbonyl (C=O) groups excluding carboxylic acids is 1. The Morgan fingerprint density at radius 3 is 2.56 bits per heavy atom. The molecule has 12 heteroatoms. The Labute approximate surface area is 234 Å². The van der Waals surface area contributed by atoms with Crippen LogP contribution in [0.4, 0.5) is 16.3 Å². The van der Waals surface area contributed by atoms with Crippen molar-refractivity contribution in [3.8, 4) is 10.4 Å². The van der Waals surface area contributed by atoms with Crippen LogP contribution in [0.2, 0.25) is 0 Å². The number of carbonyl (C=O) groups is 1. The first-order chi connectivity index (χ1) is 18.6. The Morgan fingerprint density at radius 1 is 1.15 bits per heavy atom. The van der Waals surface area contributed by atoms with Crippen LogP contribution in [-0.4, -0.2) is 47.7 Å². The van der Waals surface area contributed by atoms with Crippen LogP contribution in [0, 0.1) is 0 Å². The predicted octanol–water partition coefficient (Wildman–Crippen LogP) is 5.79. The summed E-state index contributed by atoms with van der Waals surface area (Å²) in [6.07, 6.45) is 8.21. The number of hydrogen-bond donors (Lipinski definition) is 3. The number of hydrogen-bond acceptors (Lipinski definition) is 8. The molecule has 0 saturated heterocycles. The highest BCUT2D eigenvalue weighted by atomic mass is 32.2. The van der Waals surface area contributed by atoms with E-state index >= 15 is 0 Å². The lowest BCUT2D eigenvalue weighted by molar-refractivity contribution is 0.109. The summed E-state index contributed by atoms with van der Waals surface area (Å²) in [7, 11) is -3.75. The molecule has 4 rings (SSSR count). The number of sulfonamides is 1. The van der Waals surface area contributed by atoms with Crippen LogP contribution >= 0.6 is 11.3 Å². The van der Waals surface area contributed by atoms with Gasteiger partial charge in [0.1, 0.15) is 5.82 Å². The number of rotatable bonds is 10. The maximum atomic E-state index is 13.2. The van der Waals surface area contributed by atoms with Crippen LogP contribution in [0.3, 0.4) is 0 Å². The van der Waals surface area contributed by atoms with Gasteiger partial charge in [-0.3, -0.25) is 0 Å². The van der Waals surface area contributed by atoms with Gasteiger partial charge in [0.25, 0.3) is 0 Å². The molecule has 212 valence electrons. The topological polar surface area (TPSA) is 127 Å². The number of thiazole rings is 1. The summed E-state index contributed by atoms with van der Waals surface area (Å²) >= 11 is 1.53. The van der Waals surface area contributed by atoms with Gasteiger partial charge < -0.3 is 19.9 Å². The third-order valence-electron chi connectivity index (χ3n) is 6.63. The standard InChI is InChI=1S/C27H38N6O4S2/c1-6-30-39(35,36)24-13-21(31-25-15-28-16-33(25)17(2)3)11-12-22(24)23-14-29-26(38-23)19-7-9-20(10-8-19)32-27(34)37-18(4)5/h11-20,30-31H,6-10H2,1-5H3,(H,32,34). The van der Waals surface area contributed by atoms with Crippen molar-refractivity contribution in [2.24, 2.45) is 0 Å². The van der Waals surface area contributed by atoms with E-state index in [0.29, 0.717) is 11.3 Å². The second-order valence-corrected chi connectivity index (χ2v) is 13.1. The molecule has 2 aromatic heterocycles. The number of imidazole rings is 1. The summed E-state index contributed by atoms with van der Waals surface area (Å²) < 4.78 is 36.3.